The van der Waals surface area contributed by atoms with E-state index in [1.165, 1.54) is 0 Å². The average Bonchev–Trinajstić information content (AvgIpc) is 2.76. The highest BCUT2D eigenvalue weighted by Gasteiger charge is 2.18. The van der Waals surface area contributed by atoms with E-state index in [-0.39, 0.29) is 0 Å². The molecule has 0 aliphatic rings. The van der Waals surface area contributed by atoms with Crippen molar-refractivity contribution in [1.82, 2.24) is 24.5 Å². The molecular formula is C10H16N6. The first kappa shape index (κ1) is 10.8. The summed E-state index contributed by atoms with van der Waals surface area (Å²) in [4.78, 5) is 4.05. The van der Waals surface area contributed by atoms with Crippen molar-refractivity contribution in [2.45, 2.75) is 25.9 Å². The molecule has 2 aromatic rings. The van der Waals surface area contributed by atoms with Gasteiger partial charge in [0.15, 0.2) is 0 Å². The standard InChI is InChI=1S/C10H16N6/c1-10(2,11)9-6-16(14-13-9)5-8-4-12-7-15(8)3/h4,6-7H,5,11H2,1-3H3. The molecule has 0 spiro atoms. The molecule has 0 aliphatic carbocycles. The molecule has 0 unspecified atom stereocenters. The Morgan fingerprint density at radius 1 is 1.44 bits per heavy atom. The number of nitrogens with zero attached hydrogens (tertiary/aromatic N) is 5. The monoisotopic (exact) mass is 220 g/mol. The molecule has 0 aromatic carbocycles. The van der Waals surface area contributed by atoms with Crippen molar-refractivity contribution in [2.75, 3.05) is 0 Å². The van der Waals surface area contributed by atoms with Crippen molar-refractivity contribution in [3.05, 3.63) is 30.1 Å². The Balaban J connectivity index is 2.18. The molecule has 6 nitrogen and oxygen atoms in total. The van der Waals surface area contributed by atoms with E-state index in [9.17, 15) is 0 Å². The van der Waals surface area contributed by atoms with Gasteiger partial charge in [0, 0.05) is 7.05 Å². The molecule has 0 fully saturated rings. The summed E-state index contributed by atoms with van der Waals surface area (Å²) in [6.45, 7) is 4.47. The molecule has 0 amide bonds. The number of aromatic nitrogens is 5. The lowest BCUT2D eigenvalue weighted by Crippen LogP contribution is -2.29. The number of hydrogen-bond acceptors (Lipinski definition) is 4. The van der Waals surface area contributed by atoms with E-state index >= 15 is 0 Å². The van der Waals surface area contributed by atoms with Gasteiger partial charge in [-0.3, -0.25) is 0 Å². The Hall–Kier alpha value is -1.69. The molecule has 16 heavy (non-hydrogen) atoms. The summed E-state index contributed by atoms with van der Waals surface area (Å²) < 4.78 is 3.72. The van der Waals surface area contributed by atoms with Crippen LogP contribution in [0.2, 0.25) is 0 Å². The maximum absolute atomic E-state index is 5.94. The van der Waals surface area contributed by atoms with E-state index in [4.69, 9.17) is 5.73 Å². The van der Waals surface area contributed by atoms with Crippen molar-refractivity contribution in [2.24, 2.45) is 12.8 Å². The van der Waals surface area contributed by atoms with Crippen LogP contribution in [0.5, 0.6) is 0 Å². The van der Waals surface area contributed by atoms with E-state index < -0.39 is 5.54 Å². The lowest BCUT2D eigenvalue weighted by atomic mass is 10.0. The van der Waals surface area contributed by atoms with E-state index in [0.29, 0.717) is 6.54 Å². The van der Waals surface area contributed by atoms with Crippen LogP contribution in [0.3, 0.4) is 0 Å². The third-order valence-corrected chi connectivity index (χ3v) is 2.44. The lowest BCUT2D eigenvalue weighted by molar-refractivity contribution is 0.533. The predicted molar refractivity (Wildman–Crippen MR) is 59.5 cm³/mol. The van der Waals surface area contributed by atoms with Gasteiger partial charge in [-0.05, 0) is 13.8 Å². The molecule has 2 rings (SSSR count). The molecule has 86 valence electrons. The molecule has 0 aliphatic heterocycles. The minimum absolute atomic E-state index is 0.454. The van der Waals surface area contributed by atoms with Gasteiger partial charge in [-0.15, -0.1) is 5.10 Å². The zero-order valence-corrected chi connectivity index (χ0v) is 9.75. The van der Waals surface area contributed by atoms with Gasteiger partial charge in [0.25, 0.3) is 0 Å². The highest BCUT2D eigenvalue weighted by molar-refractivity contribution is 5.07. The highest BCUT2D eigenvalue weighted by Crippen LogP contribution is 2.12. The van der Waals surface area contributed by atoms with Crippen LogP contribution < -0.4 is 5.73 Å². The van der Waals surface area contributed by atoms with Crippen molar-refractivity contribution in [3.8, 4) is 0 Å². The van der Waals surface area contributed by atoms with Crippen molar-refractivity contribution in [3.63, 3.8) is 0 Å². The van der Waals surface area contributed by atoms with Gasteiger partial charge in [-0.1, -0.05) is 5.21 Å². The molecule has 2 heterocycles. The zero-order chi connectivity index (χ0) is 11.8. The Kier molecular flexibility index (Phi) is 2.51. The van der Waals surface area contributed by atoms with Gasteiger partial charge >= 0.3 is 0 Å². The first-order chi connectivity index (χ1) is 7.47. The molecule has 6 heteroatoms. The summed E-state index contributed by atoms with van der Waals surface area (Å²) in [7, 11) is 1.95. The molecule has 0 saturated carbocycles. The van der Waals surface area contributed by atoms with E-state index in [2.05, 4.69) is 15.3 Å². The van der Waals surface area contributed by atoms with Crippen LogP contribution in [0.1, 0.15) is 25.2 Å². The van der Waals surface area contributed by atoms with Crippen LogP contribution in [0.4, 0.5) is 0 Å². The highest BCUT2D eigenvalue weighted by atomic mass is 15.4. The fourth-order valence-electron chi connectivity index (χ4n) is 1.37. The van der Waals surface area contributed by atoms with E-state index in [0.717, 1.165) is 11.4 Å². The van der Waals surface area contributed by atoms with Crippen LogP contribution >= 0.6 is 0 Å². The Bertz CT molecular complexity index is 475. The minimum atomic E-state index is -0.454. The van der Waals surface area contributed by atoms with E-state index in [1.807, 2.05) is 37.9 Å². The van der Waals surface area contributed by atoms with Crippen molar-refractivity contribution < 1.29 is 0 Å². The smallest absolute Gasteiger partial charge is 0.102 e. The second kappa shape index (κ2) is 3.71. The normalized spacial score (nSPS) is 12.0. The second-order valence-corrected chi connectivity index (χ2v) is 4.52. The summed E-state index contributed by atoms with van der Waals surface area (Å²) >= 11 is 0. The molecule has 0 saturated heterocycles. The molecule has 0 bridgehead atoms. The van der Waals surface area contributed by atoms with Gasteiger partial charge in [0.2, 0.25) is 0 Å². The van der Waals surface area contributed by atoms with Crippen LogP contribution in [0.25, 0.3) is 0 Å². The first-order valence-corrected chi connectivity index (χ1v) is 5.11. The molecular weight excluding hydrogens is 204 g/mol. The fraction of sp³-hybridized carbons (Fsp3) is 0.500. The van der Waals surface area contributed by atoms with Crippen molar-refractivity contribution >= 4 is 0 Å². The molecule has 0 atom stereocenters. The number of rotatable bonds is 3. The third-order valence-electron chi connectivity index (χ3n) is 2.44. The number of aryl methyl sites for hydroxylation is 1. The lowest BCUT2D eigenvalue weighted by Gasteiger charge is -2.13. The molecule has 2 aromatic heterocycles. The van der Waals surface area contributed by atoms with Gasteiger partial charge in [0.1, 0.15) is 5.69 Å². The van der Waals surface area contributed by atoms with Crippen LogP contribution in [-0.4, -0.2) is 24.5 Å². The molecule has 0 radical (unpaired) electrons. The number of nitrogens with two attached hydrogens (primary N) is 1. The second-order valence-electron chi connectivity index (χ2n) is 4.52. The topological polar surface area (TPSA) is 74.5 Å². The Morgan fingerprint density at radius 3 is 2.69 bits per heavy atom. The van der Waals surface area contributed by atoms with Crippen molar-refractivity contribution in [1.29, 1.82) is 0 Å². The van der Waals surface area contributed by atoms with Crippen LogP contribution in [0.15, 0.2) is 18.7 Å². The zero-order valence-electron chi connectivity index (χ0n) is 9.75. The average molecular weight is 220 g/mol. The summed E-state index contributed by atoms with van der Waals surface area (Å²) in [6.07, 6.45) is 5.45. The fourth-order valence-corrected chi connectivity index (χ4v) is 1.37. The quantitative estimate of drug-likeness (QED) is 0.804. The Morgan fingerprint density at radius 2 is 2.19 bits per heavy atom. The maximum atomic E-state index is 5.94. The number of imidazole rings is 1. The SMILES string of the molecule is Cn1cncc1Cn1cc(C(C)(C)N)nn1. The minimum Gasteiger partial charge on any atom is -0.336 e. The largest absolute Gasteiger partial charge is 0.336 e. The maximum Gasteiger partial charge on any atom is 0.102 e. The Labute approximate surface area is 94.1 Å². The number of hydrogen-bond donors (Lipinski definition) is 1. The summed E-state index contributed by atoms with van der Waals surface area (Å²) in [5.74, 6) is 0. The summed E-state index contributed by atoms with van der Waals surface area (Å²) in [5, 5.41) is 8.10. The van der Waals surface area contributed by atoms with Gasteiger partial charge in [-0.25, -0.2) is 9.67 Å². The predicted octanol–water partition coefficient (Wildman–Crippen LogP) is 0.254. The van der Waals surface area contributed by atoms with Gasteiger partial charge in [-0.2, -0.15) is 0 Å². The van der Waals surface area contributed by atoms with E-state index in [1.54, 1.807) is 11.0 Å². The summed E-state index contributed by atoms with van der Waals surface area (Å²) in [5.41, 5.74) is 7.35. The van der Waals surface area contributed by atoms with Crippen LogP contribution in [0, 0.1) is 0 Å². The van der Waals surface area contributed by atoms with Gasteiger partial charge in [0.05, 0.1) is 36.5 Å². The molecule has 2 N–H and O–H groups in total. The third kappa shape index (κ3) is 2.11. The summed E-state index contributed by atoms with van der Waals surface area (Å²) in [6, 6.07) is 0. The first-order valence-electron chi connectivity index (χ1n) is 5.11. The van der Waals surface area contributed by atoms with Crippen LogP contribution in [-0.2, 0) is 19.1 Å². The van der Waals surface area contributed by atoms with Gasteiger partial charge < -0.3 is 10.3 Å².